The highest BCUT2D eigenvalue weighted by Crippen LogP contribution is 2.30. The second kappa shape index (κ2) is 7.85. The summed E-state index contributed by atoms with van der Waals surface area (Å²) in [5.74, 6) is 0.616. The van der Waals surface area contributed by atoms with Gasteiger partial charge in [0.2, 0.25) is 15.9 Å². The quantitative estimate of drug-likeness (QED) is 0.839. The Labute approximate surface area is 143 Å². The Kier molecular flexibility index (Phi) is 6.06. The van der Waals surface area contributed by atoms with Crippen molar-refractivity contribution in [2.24, 2.45) is 5.92 Å². The molecule has 0 spiro atoms. The van der Waals surface area contributed by atoms with Gasteiger partial charge in [0.15, 0.2) is 11.5 Å². The molecule has 24 heavy (non-hydrogen) atoms. The number of benzene rings is 1. The average Bonchev–Trinajstić information content (AvgIpc) is 2.61. The fourth-order valence-electron chi connectivity index (χ4n) is 2.75. The van der Waals surface area contributed by atoms with Crippen molar-refractivity contribution in [3.63, 3.8) is 0 Å². The van der Waals surface area contributed by atoms with E-state index in [1.807, 2.05) is 0 Å². The Morgan fingerprint density at radius 1 is 1.29 bits per heavy atom. The lowest BCUT2D eigenvalue weighted by Crippen LogP contribution is -2.44. The minimum atomic E-state index is -3.26. The lowest BCUT2D eigenvalue weighted by molar-refractivity contribution is -0.120. The van der Waals surface area contributed by atoms with Crippen molar-refractivity contribution in [3.05, 3.63) is 18.2 Å². The zero-order valence-electron chi connectivity index (χ0n) is 14.2. The van der Waals surface area contributed by atoms with Gasteiger partial charge in [-0.3, -0.25) is 4.79 Å². The summed E-state index contributed by atoms with van der Waals surface area (Å²) in [4.78, 5) is 12.5. The lowest BCUT2D eigenvalue weighted by atomic mass is 9.98. The third-order valence-electron chi connectivity index (χ3n) is 4.16. The molecule has 1 saturated heterocycles. The molecule has 7 nitrogen and oxygen atoms in total. The summed E-state index contributed by atoms with van der Waals surface area (Å²) in [5.41, 5.74) is 0.591. The van der Waals surface area contributed by atoms with Gasteiger partial charge in [0, 0.05) is 24.8 Å². The maximum absolute atomic E-state index is 12.5. The number of methoxy groups -OCH3 is 2. The number of ether oxygens (including phenoxy) is 2. The third kappa shape index (κ3) is 4.18. The summed E-state index contributed by atoms with van der Waals surface area (Å²) in [6, 6.07) is 5.12. The molecule has 134 valence electrons. The molecule has 1 aliphatic heterocycles. The van der Waals surface area contributed by atoms with E-state index in [1.54, 1.807) is 32.2 Å². The number of nitrogens with zero attached hydrogens (tertiary/aromatic N) is 1. The highest BCUT2D eigenvalue weighted by Gasteiger charge is 2.31. The molecule has 0 radical (unpaired) electrons. The highest BCUT2D eigenvalue weighted by atomic mass is 32.2. The number of hydrogen-bond donors (Lipinski definition) is 1. The maximum atomic E-state index is 12.5. The molecule has 0 bridgehead atoms. The Bertz CT molecular complexity index is 690. The van der Waals surface area contributed by atoms with Crippen molar-refractivity contribution in [2.75, 3.05) is 38.4 Å². The van der Waals surface area contributed by atoms with E-state index in [0.29, 0.717) is 36.6 Å². The van der Waals surface area contributed by atoms with Crippen LogP contribution in [-0.4, -0.2) is 51.7 Å². The van der Waals surface area contributed by atoms with Gasteiger partial charge in [-0.05, 0) is 31.9 Å². The van der Waals surface area contributed by atoms with Crippen LogP contribution in [0.1, 0.15) is 19.8 Å². The molecule has 1 amide bonds. The highest BCUT2D eigenvalue weighted by molar-refractivity contribution is 7.89. The van der Waals surface area contributed by atoms with Crippen molar-refractivity contribution >= 4 is 21.6 Å². The Morgan fingerprint density at radius 2 is 2.00 bits per heavy atom. The number of piperidine rings is 1. The molecular weight excluding hydrogens is 332 g/mol. The minimum Gasteiger partial charge on any atom is -0.493 e. The lowest BCUT2D eigenvalue weighted by Gasteiger charge is -2.30. The molecule has 8 heteroatoms. The summed E-state index contributed by atoms with van der Waals surface area (Å²) in [6.07, 6.45) is 1.36. The Balaban J connectivity index is 2.07. The number of nitrogens with one attached hydrogen (secondary N) is 1. The first-order chi connectivity index (χ1) is 11.4. The SMILES string of the molecule is CCS(=O)(=O)N1CCC[C@@H](C(=O)Nc2ccc(OC)c(OC)c2)C1. The fourth-order valence-corrected chi connectivity index (χ4v) is 3.93. The summed E-state index contributed by atoms with van der Waals surface area (Å²) in [6.45, 7) is 2.33. The van der Waals surface area contributed by atoms with Gasteiger partial charge in [0.05, 0.1) is 25.9 Å². The smallest absolute Gasteiger partial charge is 0.228 e. The molecule has 0 aliphatic carbocycles. The summed E-state index contributed by atoms with van der Waals surface area (Å²) in [5, 5.41) is 2.83. The topological polar surface area (TPSA) is 84.9 Å². The molecule has 1 aromatic carbocycles. The van der Waals surface area contributed by atoms with Crippen molar-refractivity contribution in [3.8, 4) is 11.5 Å². The monoisotopic (exact) mass is 356 g/mol. The average molecular weight is 356 g/mol. The van der Waals surface area contributed by atoms with Crippen LogP contribution in [0, 0.1) is 5.92 Å². The van der Waals surface area contributed by atoms with Crippen molar-refractivity contribution in [1.29, 1.82) is 0 Å². The summed E-state index contributed by atoms with van der Waals surface area (Å²) in [7, 11) is -0.195. The van der Waals surface area contributed by atoms with E-state index in [-0.39, 0.29) is 24.1 Å². The Hall–Kier alpha value is -1.80. The number of hydrogen-bond acceptors (Lipinski definition) is 5. The minimum absolute atomic E-state index is 0.0526. The number of carbonyl (C=O) groups is 1. The van der Waals surface area contributed by atoms with Crippen molar-refractivity contribution in [1.82, 2.24) is 4.31 Å². The van der Waals surface area contributed by atoms with Gasteiger partial charge >= 0.3 is 0 Å². The van der Waals surface area contributed by atoms with Gasteiger partial charge in [-0.25, -0.2) is 12.7 Å². The second-order valence-electron chi connectivity index (χ2n) is 5.66. The molecule has 1 aromatic rings. The molecule has 1 N–H and O–H groups in total. The Morgan fingerprint density at radius 3 is 2.62 bits per heavy atom. The van der Waals surface area contributed by atoms with Crippen LogP contribution in [0.3, 0.4) is 0 Å². The van der Waals surface area contributed by atoms with Crippen LogP contribution in [0.15, 0.2) is 18.2 Å². The number of anilines is 1. The van der Waals surface area contributed by atoms with Gasteiger partial charge in [0.1, 0.15) is 0 Å². The second-order valence-corrected chi connectivity index (χ2v) is 7.91. The fraction of sp³-hybridized carbons (Fsp3) is 0.562. The first-order valence-electron chi connectivity index (χ1n) is 7.92. The van der Waals surface area contributed by atoms with Gasteiger partial charge in [-0.1, -0.05) is 0 Å². The molecule has 0 aromatic heterocycles. The van der Waals surface area contributed by atoms with Gasteiger partial charge in [-0.2, -0.15) is 0 Å². The van der Waals surface area contributed by atoms with Crippen LogP contribution in [0.2, 0.25) is 0 Å². The largest absolute Gasteiger partial charge is 0.493 e. The predicted molar refractivity (Wildman–Crippen MR) is 91.9 cm³/mol. The summed E-state index contributed by atoms with van der Waals surface area (Å²) >= 11 is 0. The van der Waals surface area contributed by atoms with Gasteiger partial charge < -0.3 is 14.8 Å². The van der Waals surface area contributed by atoms with E-state index in [0.717, 1.165) is 0 Å². The number of rotatable bonds is 6. The maximum Gasteiger partial charge on any atom is 0.228 e. The van der Waals surface area contributed by atoms with Crippen LogP contribution >= 0.6 is 0 Å². The van der Waals surface area contributed by atoms with Crippen LogP contribution in [0.4, 0.5) is 5.69 Å². The molecule has 1 heterocycles. The molecule has 0 unspecified atom stereocenters. The van der Waals surface area contributed by atoms with E-state index < -0.39 is 10.0 Å². The number of sulfonamides is 1. The van der Waals surface area contributed by atoms with E-state index in [1.165, 1.54) is 11.4 Å². The van der Waals surface area contributed by atoms with E-state index in [4.69, 9.17) is 9.47 Å². The van der Waals surface area contributed by atoms with Crippen molar-refractivity contribution in [2.45, 2.75) is 19.8 Å². The molecular formula is C16H24N2O5S. The molecule has 2 rings (SSSR count). The predicted octanol–water partition coefficient (Wildman–Crippen LogP) is 1.70. The number of carbonyl (C=O) groups excluding carboxylic acids is 1. The third-order valence-corrected chi connectivity index (χ3v) is 6.01. The zero-order valence-corrected chi connectivity index (χ0v) is 15.1. The molecule has 1 atom stereocenters. The normalized spacial score (nSPS) is 18.9. The zero-order chi connectivity index (χ0) is 17.7. The number of amides is 1. The van der Waals surface area contributed by atoms with Crippen molar-refractivity contribution < 1.29 is 22.7 Å². The van der Waals surface area contributed by atoms with Gasteiger partial charge in [-0.15, -0.1) is 0 Å². The van der Waals surface area contributed by atoms with Crippen LogP contribution in [-0.2, 0) is 14.8 Å². The van der Waals surface area contributed by atoms with Crippen LogP contribution in [0.25, 0.3) is 0 Å². The first kappa shape index (κ1) is 18.5. The molecule has 0 saturated carbocycles. The van der Waals surface area contributed by atoms with E-state index in [2.05, 4.69) is 5.32 Å². The van der Waals surface area contributed by atoms with Crippen LogP contribution < -0.4 is 14.8 Å². The van der Waals surface area contributed by atoms with E-state index in [9.17, 15) is 13.2 Å². The first-order valence-corrected chi connectivity index (χ1v) is 9.53. The van der Waals surface area contributed by atoms with Gasteiger partial charge in [0.25, 0.3) is 0 Å². The molecule has 1 aliphatic rings. The van der Waals surface area contributed by atoms with E-state index >= 15 is 0 Å². The van der Waals surface area contributed by atoms with Crippen LogP contribution in [0.5, 0.6) is 11.5 Å². The summed E-state index contributed by atoms with van der Waals surface area (Å²) < 4.78 is 35.8. The standard InChI is InChI=1S/C16H24N2O5S/c1-4-24(20,21)18-9-5-6-12(11-18)16(19)17-13-7-8-14(22-2)15(10-13)23-3/h7-8,10,12H,4-6,9,11H2,1-3H3,(H,17,19)/t12-/m1/s1. The molecule has 1 fully saturated rings.